The van der Waals surface area contributed by atoms with Crippen molar-refractivity contribution in [1.82, 2.24) is 4.81 Å². The third-order valence-corrected chi connectivity index (χ3v) is 9.59. The van der Waals surface area contributed by atoms with Crippen molar-refractivity contribution in [3.63, 3.8) is 0 Å². The summed E-state index contributed by atoms with van der Waals surface area (Å²) in [6.07, 6.45) is -0.278. The summed E-state index contributed by atoms with van der Waals surface area (Å²) in [5.41, 5.74) is 10.1. The summed E-state index contributed by atoms with van der Waals surface area (Å²) in [5.74, 6) is 0. The average Bonchev–Trinajstić information content (AvgIpc) is 3.37. The Bertz CT molecular complexity index is 1620. The maximum atomic E-state index is 8.56. The Morgan fingerprint density at radius 2 is 1.12 bits per heavy atom. The van der Waals surface area contributed by atoms with Gasteiger partial charge in [0.2, 0.25) is 0 Å². The van der Waals surface area contributed by atoms with Gasteiger partial charge in [-0.1, -0.05) is 0 Å². The fourth-order valence-corrected chi connectivity index (χ4v) is 6.67. The molecule has 1 fully saturated rings. The fourth-order valence-electron chi connectivity index (χ4n) is 5.64. The second-order valence-corrected chi connectivity index (χ2v) is 16.1. The topological polar surface area (TPSA) is 50.2 Å². The molecule has 0 spiro atoms. The van der Waals surface area contributed by atoms with Gasteiger partial charge < -0.3 is 10.2 Å². The van der Waals surface area contributed by atoms with E-state index in [2.05, 4.69) is 194 Å². The number of aliphatic hydroxyl groups is 2. The molecule has 2 N–H and O–H groups in total. The molecule has 255 valence electrons. The minimum absolute atomic E-state index is 0.0836. The van der Waals surface area contributed by atoms with Crippen LogP contribution in [0.25, 0.3) is 22.3 Å². The molecule has 5 rings (SSSR count). The molecule has 0 bridgehead atoms. The van der Waals surface area contributed by atoms with E-state index in [9.17, 15) is 0 Å². The molecule has 2 atom stereocenters. The van der Waals surface area contributed by atoms with Crippen LogP contribution in [0.2, 0.25) is 0 Å². The molecule has 0 aliphatic carbocycles. The van der Waals surface area contributed by atoms with Gasteiger partial charge in [0, 0.05) is 0 Å². The minimum atomic E-state index is -0.375. The Kier molecular flexibility index (Phi) is 12.4. The van der Waals surface area contributed by atoms with Crippen LogP contribution in [0.5, 0.6) is 0 Å². The summed E-state index contributed by atoms with van der Waals surface area (Å²) in [4.78, 5) is 6.86. The Morgan fingerprint density at radius 3 is 1.48 bits per heavy atom. The molecule has 1 saturated heterocycles. The normalized spacial score (nSPS) is 14.9. The van der Waals surface area contributed by atoms with E-state index in [1.54, 1.807) is 13.8 Å². The number of rotatable bonds is 7. The summed E-state index contributed by atoms with van der Waals surface area (Å²) < 4.78 is 1.13. The van der Waals surface area contributed by atoms with Gasteiger partial charge in [-0.15, -0.1) is 0 Å². The maximum absolute atomic E-state index is 8.56. The number of hydrogen-bond donors (Lipinski definition) is 2. The van der Waals surface area contributed by atoms with Crippen LogP contribution in [0.3, 0.4) is 0 Å². The van der Waals surface area contributed by atoms with Crippen LogP contribution >= 0.6 is 0 Å². The number of anilines is 2. The first-order chi connectivity index (χ1) is 22.5. The van der Waals surface area contributed by atoms with Crippen LogP contribution in [0.1, 0.15) is 72.9 Å². The molecule has 48 heavy (non-hydrogen) atoms. The van der Waals surface area contributed by atoms with E-state index in [4.69, 9.17) is 10.2 Å². The van der Waals surface area contributed by atoms with Gasteiger partial charge in [0.1, 0.15) is 0 Å². The molecule has 5 nitrogen and oxygen atoms in total. The number of aliphatic hydroxyl groups excluding tert-OH is 2. The Morgan fingerprint density at radius 1 is 0.708 bits per heavy atom. The quantitative estimate of drug-likeness (QED) is 0.148. The van der Waals surface area contributed by atoms with E-state index in [-0.39, 0.29) is 29.9 Å². The van der Waals surface area contributed by atoms with E-state index >= 15 is 0 Å². The fraction of sp³-hybridized carbons (Fsp3) is 0.375. The zero-order chi connectivity index (χ0) is 35.4. The SMILES string of the molecule is CC(O)CC(C)O.CN(C)B1[B]N(c2ccc(-c3ccc(C(C)(C)C)cc3)cc2)[C](=[Pt])N1c1[c-]cc(-c2ccc(C(C)(C)C)cc2)cc1. The van der Waals surface area contributed by atoms with Crippen LogP contribution in [0, 0.1) is 6.07 Å². The van der Waals surface area contributed by atoms with E-state index in [0.29, 0.717) is 6.42 Å². The van der Waals surface area contributed by atoms with Gasteiger partial charge in [0.15, 0.2) is 0 Å². The van der Waals surface area contributed by atoms with Crippen molar-refractivity contribution in [1.29, 1.82) is 0 Å². The van der Waals surface area contributed by atoms with Crippen molar-refractivity contribution >= 4 is 29.7 Å². The molecule has 4 aromatic carbocycles. The van der Waals surface area contributed by atoms with Crippen molar-refractivity contribution < 1.29 is 29.6 Å². The third-order valence-electron chi connectivity index (χ3n) is 8.50. The predicted octanol–water partition coefficient (Wildman–Crippen LogP) is 7.68. The van der Waals surface area contributed by atoms with Crippen LogP contribution in [0.15, 0.2) is 91.0 Å². The molecule has 4 aromatic rings. The standard InChI is InChI=1S/C35H39B2N3.C5H12O2.Pt/c1-34(2,3)30-17-9-26(10-18-30)28-13-21-32(22-14-28)39-25-40(37(36-39)38(7)8)33-23-15-29(16-24-33)27-11-19-31(20-12-27)35(4,5)6;1-4(6)3-5(2)7;/h9-23H,1-8H3;4-7H,3H2,1-2H3;/q-1;;. The van der Waals surface area contributed by atoms with Crippen LogP contribution in [-0.2, 0) is 30.2 Å². The molecule has 1 heterocycles. The second-order valence-electron chi connectivity index (χ2n) is 15.1. The van der Waals surface area contributed by atoms with Gasteiger partial charge in [-0.2, -0.15) is 0 Å². The number of nitrogens with zero attached hydrogens (tertiary/aromatic N) is 3. The molecule has 8 heteroatoms. The first-order valence-electron chi connectivity index (χ1n) is 16.7. The third kappa shape index (κ3) is 9.60. The van der Waals surface area contributed by atoms with E-state index in [1.165, 1.54) is 33.4 Å². The summed E-state index contributed by atoms with van der Waals surface area (Å²) in [6, 6.07) is 36.8. The second kappa shape index (κ2) is 15.7. The molecule has 1 radical (unpaired) electrons. The van der Waals surface area contributed by atoms with Gasteiger partial charge in [-0.05, 0) is 20.3 Å². The zero-order valence-corrected chi connectivity index (χ0v) is 32.5. The first-order valence-corrected chi connectivity index (χ1v) is 17.9. The van der Waals surface area contributed by atoms with Crippen LogP contribution in [0.4, 0.5) is 11.4 Å². The van der Waals surface area contributed by atoms with Gasteiger partial charge in [0.05, 0.1) is 12.2 Å². The van der Waals surface area contributed by atoms with Crippen molar-refractivity contribution in [3.05, 3.63) is 108 Å². The molecule has 2 unspecified atom stereocenters. The van der Waals surface area contributed by atoms with Crippen LogP contribution in [-0.4, -0.2) is 59.7 Å². The summed E-state index contributed by atoms with van der Waals surface area (Å²) in [6.45, 7) is 16.9. The molecule has 1 aliphatic rings. The number of benzene rings is 4. The van der Waals surface area contributed by atoms with Crippen molar-refractivity contribution in [2.24, 2.45) is 0 Å². The molecule has 0 amide bonds. The van der Waals surface area contributed by atoms with Gasteiger partial charge in [0.25, 0.3) is 0 Å². The number of hydrogen-bond acceptors (Lipinski definition) is 5. The summed E-state index contributed by atoms with van der Waals surface area (Å²) >= 11 is 2.44. The van der Waals surface area contributed by atoms with Crippen molar-refractivity contribution in [2.75, 3.05) is 23.7 Å². The van der Waals surface area contributed by atoms with E-state index in [0.717, 1.165) is 15.5 Å². The Balaban J connectivity index is 0.000000671. The van der Waals surface area contributed by atoms with Crippen LogP contribution < -0.4 is 9.62 Å². The van der Waals surface area contributed by atoms with Gasteiger partial charge in [-0.25, -0.2) is 0 Å². The Hall–Kier alpha value is -2.95. The predicted molar refractivity (Wildman–Crippen MR) is 203 cm³/mol. The molecule has 1 aliphatic heterocycles. The monoisotopic (exact) mass is 822 g/mol. The van der Waals surface area contributed by atoms with Crippen molar-refractivity contribution in [3.8, 4) is 22.3 Å². The molecule has 0 saturated carbocycles. The molecular weight excluding hydrogens is 771 g/mol. The van der Waals surface area contributed by atoms with E-state index < -0.39 is 0 Å². The average molecular weight is 823 g/mol. The molecule has 0 aromatic heterocycles. The van der Waals surface area contributed by atoms with E-state index in [1.807, 2.05) is 0 Å². The summed E-state index contributed by atoms with van der Waals surface area (Å²) in [7, 11) is 6.52. The first kappa shape index (κ1) is 37.9. The summed E-state index contributed by atoms with van der Waals surface area (Å²) in [5, 5.41) is 17.1. The van der Waals surface area contributed by atoms with Gasteiger partial charge in [-0.3, -0.25) is 0 Å². The van der Waals surface area contributed by atoms with Crippen molar-refractivity contribution in [2.45, 2.75) is 84.8 Å². The zero-order valence-electron chi connectivity index (χ0n) is 30.2. The van der Waals surface area contributed by atoms with Gasteiger partial charge >= 0.3 is 260 Å². The Labute approximate surface area is 301 Å². The molecular formula is C40H51B2N3O2Pt-.